The number of rotatable bonds is 3. The number of fused-ring (bicyclic) bond motifs is 1. The van der Waals surface area contributed by atoms with Crippen LogP contribution in [0.4, 0.5) is 0 Å². The maximum Gasteiger partial charge on any atom is 0.224 e. The Bertz CT molecular complexity index is 516. The first-order chi connectivity index (χ1) is 7.74. The summed E-state index contributed by atoms with van der Waals surface area (Å²) in [5.41, 5.74) is 6.37. The van der Waals surface area contributed by atoms with E-state index in [1.54, 1.807) is 7.11 Å². The molecular formula is C11H12BrN3O. The zero-order valence-corrected chi connectivity index (χ0v) is 10.5. The number of benzene rings is 1. The highest BCUT2D eigenvalue weighted by atomic mass is 79.9. The van der Waals surface area contributed by atoms with Crippen molar-refractivity contribution in [3.05, 3.63) is 28.5 Å². The molecule has 1 aromatic carbocycles. The molecule has 4 nitrogen and oxygen atoms in total. The number of aromatic nitrogens is 2. The van der Waals surface area contributed by atoms with E-state index in [0.29, 0.717) is 24.7 Å². The molecule has 0 fully saturated rings. The molecule has 0 bridgehead atoms. The van der Waals surface area contributed by atoms with Crippen LogP contribution in [0, 0.1) is 0 Å². The van der Waals surface area contributed by atoms with E-state index in [-0.39, 0.29) is 0 Å². The molecule has 16 heavy (non-hydrogen) atoms. The van der Waals surface area contributed by atoms with Gasteiger partial charge in [0.15, 0.2) is 0 Å². The monoisotopic (exact) mass is 281 g/mol. The van der Waals surface area contributed by atoms with Crippen molar-refractivity contribution in [1.29, 1.82) is 0 Å². The number of hydrogen-bond donors (Lipinski definition) is 1. The quantitative estimate of drug-likeness (QED) is 0.934. The van der Waals surface area contributed by atoms with E-state index >= 15 is 0 Å². The van der Waals surface area contributed by atoms with E-state index in [1.807, 2.05) is 18.2 Å². The third-order valence-electron chi connectivity index (χ3n) is 2.23. The van der Waals surface area contributed by atoms with Gasteiger partial charge < -0.3 is 10.5 Å². The number of halogens is 1. The molecule has 84 valence electrons. The summed E-state index contributed by atoms with van der Waals surface area (Å²) in [4.78, 5) is 8.74. The Morgan fingerprint density at radius 1 is 1.38 bits per heavy atom. The lowest BCUT2D eigenvalue weighted by Gasteiger charge is -2.07. The maximum atomic E-state index is 5.49. The minimum Gasteiger partial charge on any atom is -0.480 e. The van der Waals surface area contributed by atoms with Crippen molar-refractivity contribution in [2.75, 3.05) is 13.7 Å². The van der Waals surface area contributed by atoms with E-state index < -0.39 is 0 Å². The SMILES string of the molecule is COc1nc(CCN)nc2ccc(Br)cc12. The van der Waals surface area contributed by atoms with E-state index in [0.717, 1.165) is 15.4 Å². The first-order valence-corrected chi connectivity index (χ1v) is 5.74. The van der Waals surface area contributed by atoms with Crippen LogP contribution >= 0.6 is 15.9 Å². The Labute approximate surface area is 102 Å². The van der Waals surface area contributed by atoms with E-state index in [9.17, 15) is 0 Å². The van der Waals surface area contributed by atoms with Gasteiger partial charge in [0, 0.05) is 10.9 Å². The smallest absolute Gasteiger partial charge is 0.224 e. The fourth-order valence-electron chi connectivity index (χ4n) is 1.52. The molecule has 0 unspecified atom stereocenters. The van der Waals surface area contributed by atoms with Gasteiger partial charge in [0.25, 0.3) is 0 Å². The summed E-state index contributed by atoms with van der Waals surface area (Å²) in [6.07, 6.45) is 0.655. The van der Waals surface area contributed by atoms with Gasteiger partial charge in [-0.2, -0.15) is 4.98 Å². The Hall–Kier alpha value is -1.20. The summed E-state index contributed by atoms with van der Waals surface area (Å²) in [5, 5.41) is 0.901. The van der Waals surface area contributed by atoms with Crippen LogP contribution in [0.25, 0.3) is 10.9 Å². The molecule has 2 aromatic rings. The molecule has 0 spiro atoms. The van der Waals surface area contributed by atoms with Crippen LogP contribution in [-0.2, 0) is 6.42 Å². The molecular weight excluding hydrogens is 270 g/mol. The minimum atomic E-state index is 0.533. The lowest BCUT2D eigenvalue weighted by molar-refractivity contribution is 0.400. The van der Waals surface area contributed by atoms with Crippen molar-refractivity contribution in [2.24, 2.45) is 5.73 Å². The molecule has 2 N–H and O–H groups in total. The van der Waals surface area contributed by atoms with Crippen molar-refractivity contribution in [3.8, 4) is 5.88 Å². The highest BCUT2D eigenvalue weighted by Gasteiger charge is 2.07. The van der Waals surface area contributed by atoms with Gasteiger partial charge in [-0.15, -0.1) is 0 Å². The Balaban J connectivity index is 2.63. The fraction of sp³-hybridized carbons (Fsp3) is 0.273. The van der Waals surface area contributed by atoms with Crippen LogP contribution in [0.15, 0.2) is 22.7 Å². The molecule has 0 amide bonds. The highest BCUT2D eigenvalue weighted by Crippen LogP contribution is 2.25. The largest absolute Gasteiger partial charge is 0.480 e. The van der Waals surface area contributed by atoms with Crippen molar-refractivity contribution in [2.45, 2.75) is 6.42 Å². The molecule has 5 heteroatoms. The van der Waals surface area contributed by atoms with Crippen molar-refractivity contribution in [3.63, 3.8) is 0 Å². The van der Waals surface area contributed by atoms with Gasteiger partial charge >= 0.3 is 0 Å². The summed E-state index contributed by atoms with van der Waals surface area (Å²) in [5.74, 6) is 1.31. The second kappa shape index (κ2) is 4.76. The minimum absolute atomic E-state index is 0.533. The Kier molecular flexibility index (Phi) is 3.36. The summed E-state index contributed by atoms with van der Waals surface area (Å²) in [6.45, 7) is 0.533. The van der Waals surface area contributed by atoms with Gasteiger partial charge in [-0.05, 0) is 24.7 Å². The number of hydrogen-bond acceptors (Lipinski definition) is 4. The van der Waals surface area contributed by atoms with Crippen LogP contribution in [0.2, 0.25) is 0 Å². The van der Waals surface area contributed by atoms with Crippen molar-refractivity contribution < 1.29 is 4.74 Å². The first kappa shape index (κ1) is 11.3. The third kappa shape index (κ3) is 2.15. The number of nitrogens with zero attached hydrogens (tertiary/aromatic N) is 2. The zero-order valence-electron chi connectivity index (χ0n) is 8.90. The van der Waals surface area contributed by atoms with Crippen molar-refractivity contribution in [1.82, 2.24) is 9.97 Å². The fourth-order valence-corrected chi connectivity index (χ4v) is 1.88. The molecule has 0 atom stereocenters. The molecule has 0 aliphatic carbocycles. The van der Waals surface area contributed by atoms with Crippen molar-refractivity contribution >= 4 is 26.8 Å². The van der Waals surface area contributed by atoms with Gasteiger partial charge in [0.05, 0.1) is 18.0 Å². The van der Waals surface area contributed by atoms with Gasteiger partial charge in [-0.3, -0.25) is 0 Å². The first-order valence-electron chi connectivity index (χ1n) is 4.95. The number of nitrogens with two attached hydrogens (primary N) is 1. The lowest BCUT2D eigenvalue weighted by atomic mass is 10.2. The second-order valence-corrected chi connectivity index (χ2v) is 4.26. The predicted molar refractivity (Wildman–Crippen MR) is 66.5 cm³/mol. The maximum absolute atomic E-state index is 5.49. The van der Waals surface area contributed by atoms with Crippen LogP contribution in [0.3, 0.4) is 0 Å². The second-order valence-electron chi connectivity index (χ2n) is 3.35. The molecule has 2 rings (SSSR count). The van der Waals surface area contributed by atoms with Crippen LogP contribution in [0.1, 0.15) is 5.82 Å². The number of methoxy groups -OCH3 is 1. The van der Waals surface area contributed by atoms with E-state index in [1.165, 1.54) is 0 Å². The standard InChI is InChI=1S/C11H12BrN3O/c1-16-11-8-6-7(12)2-3-9(8)14-10(15-11)4-5-13/h2-3,6H,4-5,13H2,1H3. The van der Waals surface area contributed by atoms with Gasteiger partial charge in [-0.1, -0.05) is 15.9 Å². The van der Waals surface area contributed by atoms with Crippen LogP contribution in [0.5, 0.6) is 5.88 Å². The van der Waals surface area contributed by atoms with Crippen LogP contribution in [-0.4, -0.2) is 23.6 Å². The third-order valence-corrected chi connectivity index (χ3v) is 2.72. The molecule has 0 aliphatic heterocycles. The van der Waals surface area contributed by atoms with E-state index in [2.05, 4.69) is 25.9 Å². The topological polar surface area (TPSA) is 61.0 Å². The summed E-state index contributed by atoms with van der Waals surface area (Å²) in [7, 11) is 1.61. The highest BCUT2D eigenvalue weighted by molar-refractivity contribution is 9.10. The summed E-state index contributed by atoms with van der Waals surface area (Å²) < 4.78 is 6.24. The van der Waals surface area contributed by atoms with Crippen LogP contribution < -0.4 is 10.5 Å². The molecule has 0 saturated carbocycles. The zero-order chi connectivity index (χ0) is 11.5. The average molecular weight is 282 g/mol. The summed E-state index contributed by atoms with van der Waals surface area (Å²) >= 11 is 3.41. The molecule has 0 saturated heterocycles. The van der Waals surface area contributed by atoms with E-state index in [4.69, 9.17) is 10.5 Å². The Morgan fingerprint density at radius 2 is 2.19 bits per heavy atom. The molecule has 0 aliphatic rings. The summed E-state index contributed by atoms with van der Waals surface area (Å²) in [6, 6.07) is 5.82. The average Bonchev–Trinajstić information content (AvgIpc) is 2.29. The molecule has 0 radical (unpaired) electrons. The number of ether oxygens (including phenoxy) is 1. The normalized spacial score (nSPS) is 10.7. The predicted octanol–water partition coefficient (Wildman–Crippen LogP) is 1.90. The molecule has 1 heterocycles. The lowest BCUT2D eigenvalue weighted by Crippen LogP contribution is -2.07. The van der Waals surface area contributed by atoms with Gasteiger partial charge in [0.2, 0.25) is 5.88 Å². The van der Waals surface area contributed by atoms with Gasteiger partial charge in [0.1, 0.15) is 5.82 Å². The Morgan fingerprint density at radius 3 is 2.88 bits per heavy atom. The van der Waals surface area contributed by atoms with Gasteiger partial charge in [-0.25, -0.2) is 4.98 Å². The molecule has 1 aromatic heterocycles.